The summed E-state index contributed by atoms with van der Waals surface area (Å²) in [6.07, 6.45) is 0. The van der Waals surface area contributed by atoms with Gasteiger partial charge in [-0.3, -0.25) is 4.57 Å². The van der Waals surface area contributed by atoms with Crippen LogP contribution in [0.25, 0.3) is 128 Å². The van der Waals surface area contributed by atoms with Crippen LogP contribution >= 0.6 is 0 Å². The maximum absolute atomic E-state index is 5.28. The zero-order valence-corrected chi connectivity index (χ0v) is 37.3. The van der Waals surface area contributed by atoms with Crippen LogP contribution in [-0.4, -0.2) is 28.7 Å². The quantitative estimate of drug-likeness (QED) is 0.160. The Morgan fingerprint density at radius 3 is 0.986 bits per heavy atom. The van der Waals surface area contributed by atoms with E-state index < -0.39 is 0 Å². The van der Waals surface area contributed by atoms with Crippen LogP contribution in [0.2, 0.25) is 0 Å². The third-order valence-corrected chi connectivity index (χ3v) is 13.7. The van der Waals surface area contributed by atoms with Crippen molar-refractivity contribution in [3.63, 3.8) is 0 Å². The number of rotatable bonds is 7. The van der Waals surface area contributed by atoms with Gasteiger partial charge in [-0.1, -0.05) is 170 Å². The van der Waals surface area contributed by atoms with E-state index in [2.05, 4.69) is 220 Å². The molecule has 14 rings (SSSR count). The van der Waals surface area contributed by atoms with Gasteiger partial charge in [0, 0.05) is 54.8 Å². The maximum Gasteiger partial charge on any atom is 0.238 e. The molecule has 0 N–H and O–H groups in total. The highest BCUT2D eigenvalue weighted by Gasteiger charge is 2.22. The molecule has 14 aromatic rings. The number of para-hydroxylation sites is 2. The Labute approximate surface area is 397 Å². The minimum absolute atomic E-state index is 0.554. The van der Waals surface area contributed by atoms with Crippen LogP contribution in [0.15, 0.2) is 243 Å². The molecule has 0 unspecified atom stereocenters. The first-order valence-corrected chi connectivity index (χ1v) is 23.4. The van der Waals surface area contributed by atoms with Gasteiger partial charge in [-0.15, -0.1) is 0 Å². The van der Waals surface area contributed by atoms with Gasteiger partial charge < -0.3 is 9.13 Å². The highest BCUT2D eigenvalue weighted by Crippen LogP contribution is 2.41. The molecule has 0 radical (unpaired) electrons. The summed E-state index contributed by atoms with van der Waals surface area (Å²) >= 11 is 0. The largest absolute Gasteiger partial charge is 0.309 e. The molecular formula is C63H40N6. The van der Waals surface area contributed by atoms with Gasteiger partial charge in [0.05, 0.1) is 33.1 Å². The van der Waals surface area contributed by atoms with E-state index in [9.17, 15) is 0 Å². The fourth-order valence-corrected chi connectivity index (χ4v) is 10.5. The lowest BCUT2D eigenvalue weighted by Crippen LogP contribution is -2.06. The lowest BCUT2D eigenvalue weighted by molar-refractivity contribution is 0.953. The smallest absolute Gasteiger partial charge is 0.238 e. The molecule has 10 aromatic carbocycles. The second-order valence-corrected chi connectivity index (χ2v) is 17.7. The average molecular weight is 881 g/mol. The number of nitrogens with zero attached hydrogens (tertiary/aromatic N) is 6. The Bertz CT molecular complexity index is 4010. The third-order valence-electron chi connectivity index (χ3n) is 13.7. The van der Waals surface area contributed by atoms with Crippen LogP contribution in [-0.2, 0) is 0 Å². The fraction of sp³-hybridized carbons (Fsp3) is 0. The second-order valence-electron chi connectivity index (χ2n) is 17.7. The topological polar surface area (TPSA) is 53.5 Å². The second kappa shape index (κ2) is 15.6. The van der Waals surface area contributed by atoms with Crippen LogP contribution < -0.4 is 0 Å². The van der Waals surface area contributed by atoms with Gasteiger partial charge in [-0.25, -0.2) is 4.98 Å². The van der Waals surface area contributed by atoms with E-state index in [1.54, 1.807) is 0 Å². The summed E-state index contributed by atoms with van der Waals surface area (Å²) in [5.41, 5.74) is 15.4. The number of fused-ring (bicyclic) bond motifs is 9. The predicted octanol–water partition coefficient (Wildman–Crippen LogP) is 15.8. The van der Waals surface area contributed by atoms with Crippen molar-refractivity contribution in [1.82, 2.24) is 28.7 Å². The Morgan fingerprint density at radius 2 is 0.551 bits per heavy atom. The lowest BCUT2D eigenvalue weighted by Gasteiger charge is -2.12. The molecule has 4 aromatic heterocycles. The van der Waals surface area contributed by atoms with E-state index in [1.807, 2.05) is 36.4 Å². The highest BCUT2D eigenvalue weighted by molar-refractivity contribution is 6.14. The molecule has 4 heterocycles. The van der Waals surface area contributed by atoms with E-state index in [1.165, 1.54) is 43.8 Å². The number of aromatic nitrogens is 6. The molecule has 6 heteroatoms. The van der Waals surface area contributed by atoms with Crippen molar-refractivity contribution < 1.29 is 0 Å². The first kappa shape index (κ1) is 38.8. The van der Waals surface area contributed by atoms with Crippen LogP contribution in [0.3, 0.4) is 0 Å². The summed E-state index contributed by atoms with van der Waals surface area (Å²) in [6.45, 7) is 0. The van der Waals surface area contributed by atoms with Crippen molar-refractivity contribution in [1.29, 1.82) is 0 Å². The molecule has 0 amide bonds. The maximum atomic E-state index is 5.28. The average Bonchev–Trinajstić information content (AvgIpc) is 4.06. The predicted molar refractivity (Wildman–Crippen MR) is 285 cm³/mol. The lowest BCUT2D eigenvalue weighted by atomic mass is 10.0. The van der Waals surface area contributed by atoms with Crippen molar-refractivity contribution in [2.45, 2.75) is 0 Å². The van der Waals surface area contributed by atoms with Crippen molar-refractivity contribution >= 4 is 65.4 Å². The Morgan fingerprint density at radius 1 is 0.217 bits per heavy atom. The van der Waals surface area contributed by atoms with Gasteiger partial charge in [0.2, 0.25) is 5.95 Å². The van der Waals surface area contributed by atoms with Crippen molar-refractivity contribution in [3.05, 3.63) is 243 Å². The first-order chi connectivity index (χ1) is 34.2. The van der Waals surface area contributed by atoms with Crippen molar-refractivity contribution in [2.75, 3.05) is 0 Å². The van der Waals surface area contributed by atoms with E-state index >= 15 is 0 Å². The summed E-state index contributed by atoms with van der Waals surface area (Å²) in [7, 11) is 0. The van der Waals surface area contributed by atoms with Crippen molar-refractivity contribution in [3.8, 4) is 62.4 Å². The molecule has 322 valence electrons. The van der Waals surface area contributed by atoms with Crippen LogP contribution in [0.5, 0.6) is 0 Å². The fourth-order valence-electron chi connectivity index (χ4n) is 10.5. The molecule has 0 saturated heterocycles. The molecule has 0 aliphatic carbocycles. The Balaban J connectivity index is 1.04. The van der Waals surface area contributed by atoms with Gasteiger partial charge in [0.25, 0.3) is 0 Å². The molecule has 0 fully saturated rings. The van der Waals surface area contributed by atoms with Crippen molar-refractivity contribution in [2.24, 2.45) is 0 Å². The Hall–Kier alpha value is -9.39. The van der Waals surface area contributed by atoms with Gasteiger partial charge in [-0.05, 0) is 95.1 Å². The molecule has 0 aliphatic rings. The van der Waals surface area contributed by atoms with Crippen LogP contribution in [0.4, 0.5) is 0 Å². The zero-order chi connectivity index (χ0) is 45.4. The van der Waals surface area contributed by atoms with E-state index in [0.29, 0.717) is 17.6 Å². The third kappa shape index (κ3) is 6.30. The highest BCUT2D eigenvalue weighted by atomic mass is 15.2. The Kier molecular flexibility index (Phi) is 8.79. The number of benzene rings is 10. The molecule has 69 heavy (non-hydrogen) atoms. The van der Waals surface area contributed by atoms with E-state index in [-0.39, 0.29) is 0 Å². The molecule has 0 aliphatic heterocycles. The minimum Gasteiger partial charge on any atom is -0.309 e. The van der Waals surface area contributed by atoms with Crippen LogP contribution in [0.1, 0.15) is 0 Å². The molecule has 0 bridgehead atoms. The molecular weight excluding hydrogens is 841 g/mol. The van der Waals surface area contributed by atoms with Gasteiger partial charge >= 0.3 is 0 Å². The monoisotopic (exact) mass is 880 g/mol. The molecule has 0 saturated carbocycles. The normalized spacial score (nSPS) is 11.8. The standard InChI is InChI=1S/C63H40N6/c1-5-17-41(18-6-1)45-29-33-57-51(37-45)49-25-13-15-27-55(49)67(57)47-31-35-59-53(39-47)54-40-48(68-56-28-16-14-26-50(56)52-38-46(30-34-58(52)68)42-19-7-2-8-20-42)32-36-60(54)69(59)63-65-61(43-21-9-3-10-22-43)64-62(66-63)44-23-11-4-12-24-44/h1-40H. The molecule has 0 spiro atoms. The first-order valence-electron chi connectivity index (χ1n) is 23.4. The summed E-state index contributed by atoms with van der Waals surface area (Å²) in [5, 5.41) is 7.03. The minimum atomic E-state index is 0.554. The van der Waals surface area contributed by atoms with Gasteiger partial charge in [-0.2, -0.15) is 9.97 Å². The summed E-state index contributed by atoms with van der Waals surface area (Å²) in [5.74, 6) is 1.78. The number of hydrogen-bond acceptors (Lipinski definition) is 3. The van der Waals surface area contributed by atoms with Crippen LogP contribution in [0, 0.1) is 0 Å². The zero-order valence-electron chi connectivity index (χ0n) is 37.3. The van der Waals surface area contributed by atoms with E-state index in [4.69, 9.17) is 15.0 Å². The summed E-state index contributed by atoms with van der Waals surface area (Å²) in [4.78, 5) is 15.6. The summed E-state index contributed by atoms with van der Waals surface area (Å²) in [6, 6.07) is 86.5. The molecule has 0 atom stereocenters. The number of hydrogen-bond donors (Lipinski definition) is 0. The van der Waals surface area contributed by atoms with Gasteiger partial charge in [0.15, 0.2) is 11.6 Å². The molecule has 6 nitrogen and oxygen atoms in total. The summed E-state index contributed by atoms with van der Waals surface area (Å²) < 4.78 is 7.04. The van der Waals surface area contributed by atoms with Gasteiger partial charge in [0.1, 0.15) is 0 Å². The van der Waals surface area contributed by atoms with E-state index in [0.717, 1.165) is 66.4 Å². The SMILES string of the molecule is c1ccc(-c2ccc3c(c2)c2ccccc2n3-c2ccc3c(c2)c2cc(-n4c5ccccc5c5cc(-c6ccccc6)ccc54)ccc2n3-c2nc(-c3ccccc3)nc(-c3ccccc3)n2)cc1.